The van der Waals surface area contributed by atoms with Crippen molar-refractivity contribution < 1.29 is 14.1 Å². The Bertz CT molecular complexity index is 1250. The van der Waals surface area contributed by atoms with Gasteiger partial charge in [-0.25, -0.2) is 0 Å². The Morgan fingerprint density at radius 3 is 2.55 bits per heavy atom. The molecule has 1 heterocycles. The maximum absolute atomic E-state index is 12.8. The van der Waals surface area contributed by atoms with Crippen molar-refractivity contribution in [1.82, 2.24) is 0 Å². The standard InChI is InChI=1S/C23H17NO5/c1-15(17-8-5-9-18(12-17)24(26)27)29-19-10-11-20-22(13-19)28-14-21(23(20)25)16-6-3-2-4-7-16/h2-15H,1H3/t15-/m1/s1. The van der Waals surface area contributed by atoms with Gasteiger partial charge in [0.25, 0.3) is 5.69 Å². The zero-order valence-corrected chi connectivity index (χ0v) is 15.6. The zero-order valence-electron chi connectivity index (χ0n) is 15.6. The second kappa shape index (κ2) is 7.59. The van der Waals surface area contributed by atoms with Crippen molar-refractivity contribution in [3.05, 3.63) is 105 Å². The third-order valence-electron chi connectivity index (χ3n) is 4.69. The maximum Gasteiger partial charge on any atom is 0.269 e. The van der Waals surface area contributed by atoms with E-state index in [1.54, 1.807) is 37.3 Å². The normalized spacial score (nSPS) is 11.9. The first kappa shape index (κ1) is 18.4. The number of rotatable bonds is 5. The largest absolute Gasteiger partial charge is 0.486 e. The Kier molecular flexibility index (Phi) is 4.83. The van der Waals surface area contributed by atoms with Crippen molar-refractivity contribution in [2.24, 2.45) is 0 Å². The Morgan fingerprint density at radius 1 is 1.00 bits per heavy atom. The quantitative estimate of drug-likeness (QED) is 0.333. The van der Waals surface area contributed by atoms with E-state index in [4.69, 9.17) is 9.15 Å². The van der Waals surface area contributed by atoms with E-state index in [1.807, 2.05) is 30.3 Å². The fourth-order valence-electron chi connectivity index (χ4n) is 3.16. The van der Waals surface area contributed by atoms with Crippen LogP contribution in [0.15, 0.2) is 88.3 Å². The molecule has 0 aliphatic heterocycles. The summed E-state index contributed by atoms with van der Waals surface area (Å²) in [6.07, 6.45) is 1.04. The molecule has 1 atom stereocenters. The molecule has 6 heteroatoms. The lowest BCUT2D eigenvalue weighted by atomic mass is 10.1. The molecule has 0 radical (unpaired) electrons. The second-order valence-corrected chi connectivity index (χ2v) is 6.61. The molecule has 0 saturated heterocycles. The predicted octanol–water partition coefficient (Wildman–Crippen LogP) is 5.51. The summed E-state index contributed by atoms with van der Waals surface area (Å²) in [5.74, 6) is 0.507. The number of nitro benzene ring substituents is 1. The van der Waals surface area contributed by atoms with Gasteiger partial charge in [-0.05, 0) is 30.2 Å². The van der Waals surface area contributed by atoms with Gasteiger partial charge in [0.1, 0.15) is 23.7 Å². The van der Waals surface area contributed by atoms with Crippen LogP contribution >= 0.6 is 0 Å². The van der Waals surface area contributed by atoms with Crippen LogP contribution in [0, 0.1) is 10.1 Å². The average Bonchev–Trinajstić information content (AvgIpc) is 2.74. The predicted molar refractivity (Wildman–Crippen MR) is 110 cm³/mol. The summed E-state index contributed by atoms with van der Waals surface area (Å²) in [5.41, 5.74) is 2.28. The van der Waals surface area contributed by atoms with Crippen LogP contribution < -0.4 is 10.2 Å². The lowest BCUT2D eigenvalue weighted by molar-refractivity contribution is -0.385. The van der Waals surface area contributed by atoms with Gasteiger partial charge in [-0.1, -0.05) is 42.5 Å². The summed E-state index contributed by atoms with van der Waals surface area (Å²) in [6, 6.07) is 20.7. The Balaban J connectivity index is 1.64. The monoisotopic (exact) mass is 387 g/mol. The fraction of sp³-hybridized carbons (Fsp3) is 0.0870. The van der Waals surface area contributed by atoms with Crippen molar-refractivity contribution in [2.75, 3.05) is 0 Å². The molecule has 0 fully saturated rings. The summed E-state index contributed by atoms with van der Waals surface area (Å²) in [6.45, 7) is 1.80. The van der Waals surface area contributed by atoms with Crippen LogP contribution in [0.3, 0.4) is 0 Å². The van der Waals surface area contributed by atoms with Crippen LogP contribution in [0.1, 0.15) is 18.6 Å². The highest BCUT2D eigenvalue weighted by molar-refractivity contribution is 5.82. The van der Waals surface area contributed by atoms with Crippen molar-refractivity contribution in [3.8, 4) is 16.9 Å². The van der Waals surface area contributed by atoms with Crippen molar-refractivity contribution in [3.63, 3.8) is 0 Å². The molecular weight excluding hydrogens is 370 g/mol. The molecule has 0 aliphatic carbocycles. The van der Waals surface area contributed by atoms with Gasteiger partial charge in [0, 0.05) is 18.2 Å². The Labute approximate surface area is 166 Å². The number of benzene rings is 3. The first-order valence-corrected chi connectivity index (χ1v) is 9.05. The highest BCUT2D eigenvalue weighted by Crippen LogP contribution is 2.27. The molecule has 0 unspecified atom stereocenters. The molecule has 0 saturated carbocycles. The molecule has 4 aromatic rings. The molecule has 29 heavy (non-hydrogen) atoms. The van der Waals surface area contributed by atoms with Crippen LogP contribution in [0.5, 0.6) is 5.75 Å². The molecule has 0 spiro atoms. The highest BCUT2D eigenvalue weighted by atomic mass is 16.6. The van der Waals surface area contributed by atoms with Crippen molar-refractivity contribution in [1.29, 1.82) is 0 Å². The van der Waals surface area contributed by atoms with Gasteiger partial charge in [0.2, 0.25) is 0 Å². The third kappa shape index (κ3) is 3.73. The smallest absolute Gasteiger partial charge is 0.269 e. The average molecular weight is 387 g/mol. The highest BCUT2D eigenvalue weighted by Gasteiger charge is 2.14. The minimum Gasteiger partial charge on any atom is -0.486 e. The van der Waals surface area contributed by atoms with Gasteiger partial charge >= 0.3 is 0 Å². The molecule has 144 valence electrons. The van der Waals surface area contributed by atoms with Crippen molar-refractivity contribution >= 4 is 16.7 Å². The lowest BCUT2D eigenvalue weighted by Gasteiger charge is -2.15. The molecule has 6 nitrogen and oxygen atoms in total. The zero-order chi connectivity index (χ0) is 20.4. The summed E-state index contributed by atoms with van der Waals surface area (Å²) in [7, 11) is 0. The third-order valence-corrected chi connectivity index (χ3v) is 4.69. The van der Waals surface area contributed by atoms with E-state index in [0.29, 0.717) is 27.8 Å². The molecule has 0 aliphatic rings. The summed E-state index contributed by atoms with van der Waals surface area (Å²) in [5, 5.41) is 11.4. The van der Waals surface area contributed by atoms with Crippen LogP contribution in [0.25, 0.3) is 22.1 Å². The van der Waals surface area contributed by atoms with Gasteiger partial charge in [0.15, 0.2) is 5.43 Å². The van der Waals surface area contributed by atoms with E-state index in [9.17, 15) is 14.9 Å². The SMILES string of the molecule is C[C@@H](Oc1ccc2c(=O)c(-c3ccccc3)coc2c1)c1cccc([N+](=O)[O-])c1. The number of hydrogen-bond acceptors (Lipinski definition) is 5. The second-order valence-electron chi connectivity index (χ2n) is 6.61. The topological polar surface area (TPSA) is 82.6 Å². The van der Waals surface area contributed by atoms with E-state index in [2.05, 4.69) is 0 Å². The summed E-state index contributed by atoms with van der Waals surface area (Å²) >= 11 is 0. The fourth-order valence-corrected chi connectivity index (χ4v) is 3.16. The van der Waals surface area contributed by atoms with Crippen LogP contribution in [0.2, 0.25) is 0 Å². The molecule has 0 N–H and O–H groups in total. The van der Waals surface area contributed by atoms with Gasteiger partial charge in [0.05, 0.1) is 15.9 Å². The van der Waals surface area contributed by atoms with E-state index < -0.39 is 11.0 Å². The van der Waals surface area contributed by atoms with Crippen LogP contribution in [-0.2, 0) is 0 Å². The van der Waals surface area contributed by atoms with Gasteiger partial charge in [-0.3, -0.25) is 14.9 Å². The molecule has 4 rings (SSSR count). The number of non-ortho nitro benzene ring substituents is 1. The molecule has 0 amide bonds. The molecule has 1 aromatic heterocycles. The number of fused-ring (bicyclic) bond motifs is 1. The number of hydrogen-bond donors (Lipinski definition) is 0. The van der Waals surface area contributed by atoms with Crippen LogP contribution in [0.4, 0.5) is 5.69 Å². The van der Waals surface area contributed by atoms with Gasteiger partial charge in [-0.2, -0.15) is 0 Å². The first-order valence-electron chi connectivity index (χ1n) is 9.05. The van der Waals surface area contributed by atoms with E-state index >= 15 is 0 Å². The van der Waals surface area contributed by atoms with Crippen molar-refractivity contribution in [2.45, 2.75) is 13.0 Å². The number of nitrogens with zero attached hydrogens (tertiary/aromatic N) is 1. The minimum absolute atomic E-state index is 0.0101. The molecular formula is C23H17NO5. The summed E-state index contributed by atoms with van der Waals surface area (Å²) < 4.78 is 11.6. The van der Waals surface area contributed by atoms with E-state index in [-0.39, 0.29) is 11.1 Å². The number of nitro groups is 1. The number of ether oxygens (including phenoxy) is 1. The molecule has 3 aromatic carbocycles. The van der Waals surface area contributed by atoms with Gasteiger partial charge < -0.3 is 9.15 Å². The summed E-state index contributed by atoms with van der Waals surface area (Å²) in [4.78, 5) is 23.3. The Hall–Kier alpha value is -3.93. The van der Waals surface area contributed by atoms with Crippen LogP contribution in [-0.4, -0.2) is 4.92 Å². The lowest BCUT2D eigenvalue weighted by Crippen LogP contribution is -2.06. The minimum atomic E-state index is -0.439. The first-order chi connectivity index (χ1) is 14.0. The van der Waals surface area contributed by atoms with Gasteiger partial charge in [-0.15, -0.1) is 0 Å². The van der Waals surface area contributed by atoms with E-state index in [0.717, 1.165) is 5.56 Å². The Morgan fingerprint density at radius 2 is 1.79 bits per heavy atom. The molecule has 0 bridgehead atoms. The maximum atomic E-state index is 12.8. The van der Waals surface area contributed by atoms with E-state index in [1.165, 1.54) is 18.4 Å².